The highest BCUT2D eigenvalue weighted by molar-refractivity contribution is 4.88. The van der Waals surface area contributed by atoms with Crippen molar-refractivity contribution in [1.29, 1.82) is 0 Å². The second-order valence-corrected chi connectivity index (χ2v) is 4.45. The summed E-state index contributed by atoms with van der Waals surface area (Å²) >= 11 is 0. The maximum atomic E-state index is 5.19. The first-order chi connectivity index (χ1) is 5.55. The molecule has 0 bridgehead atoms. The van der Waals surface area contributed by atoms with Crippen molar-refractivity contribution in [2.45, 2.75) is 26.3 Å². The fourth-order valence-electron chi connectivity index (χ4n) is 2.03. The van der Waals surface area contributed by atoms with Gasteiger partial charge in [-0.05, 0) is 18.9 Å². The Balaban J connectivity index is 2.36. The zero-order valence-corrected chi connectivity index (χ0v) is 8.55. The first kappa shape index (κ1) is 9.96. The van der Waals surface area contributed by atoms with Crippen LogP contribution in [0.1, 0.15) is 20.3 Å². The van der Waals surface area contributed by atoms with Crippen LogP contribution in [0.4, 0.5) is 0 Å². The SMILES string of the molecule is CNOCC1CC(C)(C)CN1C. The molecular weight excluding hydrogens is 152 g/mol. The standard InChI is InChI=1S/C9H20N2O/c1-9(2)5-8(6-12-10-3)11(4)7-9/h8,10H,5-7H2,1-4H3. The molecule has 0 aromatic heterocycles. The maximum Gasteiger partial charge on any atom is 0.0837 e. The highest BCUT2D eigenvalue weighted by Crippen LogP contribution is 2.32. The van der Waals surface area contributed by atoms with Crippen LogP contribution in [0.3, 0.4) is 0 Å². The molecule has 1 fully saturated rings. The molecule has 3 nitrogen and oxygen atoms in total. The van der Waals surface area contributed by atoms with Crippen LogP contribution in [0.2, 0.25) is 0 Å². The number of nitrogens with one attached hydrogen (secondary N) is 1. The normalized spacial score (nSPS) is 29.5. The van der Waals surface area contributed by atoms with Crippen LogP contribution in [-0.2, 0) is 4.84 Å². The van der Waals surface area contributed by atoms with Crippen LogP contribution < -0.4 is 5.48 Å². The average molecular weight is 172 g/mol. The van der Waals surface area contributed by atoms with Gasteiger partial charge in [0.15, 0.2) is 0 Å². The van der Waals surface area contributed by atoms with Gasteiger partial charge in [0.2, 0.25) is 0 Å². The Morgan fingerprint density at radius 3 is 2.67 bits per heavy atom. The van der Waals surface area contributed by atoms with Crippen molar-refractivity contribution in [3.8, 4) is 0 Å². The van der Waals surface area contributed by atoms with Gasteiger partial charge in [0.25, 0.3) is 0 Å². The van der Waals surface area contributed by atoms with Crippen molar-refractivity contribution < 1.29 is 4.84 Å². The van der Waals surface area contributed by atoms with Gasteiger partial charge in [0.1, 0.15) is 0 Å². The summed E-state index contributed by atoms with van der Waals surface area (Å²) in [5.74, 6) is 0. The molecule has 0 spiro atoms. The van der Waals surface area contributed by atoms with Crippen LogP contribution in [-0.4, -0.2) is 38.2 Å². The molecule has 0 aromatic rings. The van der Waals surface area contributed by atoms with E-state index in [-0.39, 0.29) is 0 Å². The minimum Gasteiger partial charge on any atom is -0.300 e. The molecule has 1 N–H and O–H groups in total. The van der Waals surface area contributed by atoms with Crippen molar-refractivity contribution in [2.75, 3.05) is 27.2 Å². The monoisotopic (exact) mass is 172 g/mol. The summed E-state index contributed by atoms with van der Waals surface area (Å²) in [6.45, 7) is 6.58. The number of rotatable bonds is 3. The summed E-state index contributed by atoms with van der Waals surface area (Å²) in [5.41, 5.74) is 3.17. The number of hydroxylamine groups is 1. The predicted octanol–water partition coefficient (Wildman–Crippen LogP) is 0.868. The number of hydrogen-bond donors (Lipinski definition) is 1. The molecule has 1 saturated heterocycles. The van der Waals surface area contributed by atoms with E-state index in [4.69, 9.17) is 4.84 Å². The molecule has 1 aliphatic heterocycles. The first-order valence-corrected chi connectivity index (χ1v) is 4.54. The quantitative estimate of drug-likeness (QED) is 0.639. The molecule has 0 aliphatic carbocycles. The van der Waals surface area contributed by atoms with E-state index >= 15 is 0 Å². The van der Waals surface area contributed by atoms with Gasteiger partial charge in [-0.15, -0.1) is 0 Å². The Hall–Kier alpha value is -0.120. The Kier molecular flexibility index (Phi) is 3.09. The van der Waals surface area contributed by atoms with Gasteiger partial charge in [-0.3, -0.25) is 0 Å². The molecular formula is C9H20N2O. The van der Waals surface area contributed by atoms with E-state index in [0.717, 1.165) is 6.61 Å². The lowest BCUT2D eigenvalue weighted by Gasteiger charge is -2.18. The average Bonchev–Trinajstić information content (AvgIpc) is 2.20. The Labute approximate surface area is 75.0 Å². The summed E-state index contributed by atoms with van der Waals surface area (Å²) in [6, 6.07) is 0.576. The third-order valence-electron chi connectivity index (χ3n) is 2.51. The summed E-state index contributed by atoms with van der Waals surface area (Å²) in [6.07, 6.45) is 1.23. The van der Waals surface area contributed by atoms with E-state index in [0.29, 0.717) is 11.5 Å². The minimum absolute atomic E-state index is 0.455. The number of nitrogens with zero attached hydrogens (tertiary/aromatic N) is 1. The highest BCUT2D eigenvalue weighted by atomic mass is 16.6. The van der Waals surface area contributed by atoms with Crippen LogP contribution >= 0.6 is 0 Å². The van der Waals surface area contributed by atoms with Gasteiger partial charge in [-0.2, -0.15) is 0 Å². The van der Waals surface area contributed by atoms with Crippen molar-refractivity contribution in [1.82, 2.24) is 10.4 Å². The molecule has 1 atom stereocenters. The maximum absolute atomic E-state index is 5.19. The van der Waals surface area contributed by atoms with Crippen molar-refractivity contribution in [3.05, 3.63) is 0 Å². The predicted molar refractivity (Wildman–Crippen MR) is 49.8 cm³/mol. The molecule has 1 heterocycles. The molecule has 0 amide bonds. The molecule has 72 valence electrons. The van der Waals surface area contributed by atoms with Crippen LogP contribution in [0.5, 0.6) is 0 Å². The van der Waals surface area contributed by atoms with Gasteiger partial charge < -0.3 is 9.74 Å². The van der Waals surface area contributed by atoms with Crippen molar-refractivity contribution >= 4 is 0 Å². The van der Waals surface area contributed by atoms with E-state index in [9.17, 15) is 0 Å². The minimum atomic E-state index is 0.455. The Morgan fingerprint density at radius 2 is 2.25 bits per heavy atom. The van der Waals surface area contributed by atoms with E-state index < -0.39 is 0 Å². The Morgan fingerprint density at radius 1 is 1.58 bits per heavy atom. The molecule has 0 saturated carbocycles. The summed E-state index contributed by atoms with van der Waals surface area (Å²) in [7, 11) is 3.97. The lowest BCUT2D eigenvalue weighted by atomic mass is 9.91. The molecule has 12 heavy (non-hydrogen) atoms. The molecule has 3 heteroatoms. The molecule has 0 aromatic carbocycles. The van der Waals surface area contributed by atoms with Gasteiger partial charge in [0, 0.05) is 19.6 Å². The van der Waals surface area contributed by atoms with E-state index in [1.54, 1.807) is 7.05 Å². The number of likely N-dealkylation sites (N-methyl/N-ethyl adjacent to an activating group) is 1. The zero-order valence-electron chi connectivity index (χ0n) is 8.55. The Bertz CT molecular complexity index is 147. The van der Waals surface area contributed by atoms with E-state index in [1.165, 1.54) is 13.0 Å². The van der Waals surface area contributed by atoms with Crippen LogP contribution in [0.25, 0.3) is 0 Å². The number of likely N-dealkylation sites (tertiary alicyclic amines) is 1. The fourth-order valence-corrected chi connectivity index (χ4v) is 2.03. The first-order valence-electron chi connectivity index (χ1n) is 4.54. The largest absolute Gasteiger partial charge is 0.300 e. The molecule has 1 unspecified atom stereocenters. The molecule has 1 aliphatic rings. The summed E-state index contributed by atoms with van der Waals surface area (Å²) < 4.78 is 0. The van der Waals surface area contributed by atoms with E-state index in [2.05, 4.69) is 31.3 Å². The molecule has 0 radical (unpaired) electrons. The smallest absolute Gasteiger partial charge is 0.0837 e. The van der Waals surface area contributed by atoms with Gasteiger partial charge in [0.05, 0.1) is 6.61 Å². The van der Waals surface area contributed by atoms with Gasteiger partial charge in [-0.25, -0.2) is 5.48 Å². The second kappa shape index (κ2) is 3.73. The van der Waals surface area contributed by atoms with Crippen molar-refractivity contribution in [2.24, 2.45) is 5.41 Å². The van der Waals surface area contributed by atoms with E-state index in [1.807, 2.05) is 0 Å². The topological polar surface area (TPSA) is 24.5 Å². The lowest BCUT2D eigenvalue weighted by Crippen LogP contribution is -2.31. The summed E-state index contributed by atoms with van der Waals surface area (Å²) in [5, 5.41) is 0. The highest BCUT2D eigenvalue weighted by Gasteiger charge is 2.34. The molecule has 1 rings (SSSR count). The second-order valence-electron chi connectivity index (χ2n) is 4.45. The van der Waals surface area contributed by atoms with Gasteiger partial charge in [-0.1, -0.05) is 13.8 Å². The third kappa shape index (κ3) is 2.44. The van der Waals surface area contributed by atoms with Crippen LogP contribution in [0.15, 0.2) is 0 Å². The number of hydrogen-bond acceptors (Lipinski definition) is 3. The van der Waals surface area contributed by atoms with Crippen molar-refractivity contribution in [3.63, 3.8) is 0 Å². The fraction of sp³-hybridized carbons (Fsp3) is 1.00. The van der Waals surface area contributed by atoms with Crippen LogP contribution in [0, 0.1) is 5.41 Å². The summed E-state index contributed by atoms with van der Waals surface area (Å²) in [4.78, 5) is 7.56. The van der Waals surface area contributed by atoms with Gasteiger partial charge >= 0.3 is 0 Å². The third-order valence-corrected chi connectivity index (χ3v) is 2.51. The zero-order chi connectivity index (χ0) is 9.19. The lowest BCUT2D eigenvalue weighted by molar-refractivity contribution is 0.0249.